The minimum Gasteiger partial charge on any atom is -0.481 e. The number of hydrogen-bond donors (Lipinski definition) is 2. The minimum atomic E-state index is -0.870. The molecule has 3 saturated carbocycles. The minimum absolute atomic E-state index is 0.0827. The Morgan fingerprint density at radius 3 is 2.36 bits per heavy atom. The Morgan fingerprint density at radius 2 is 1.71 bits per heavy atom. The summed E-state index contributed by atoms with van der Waals surface area (Å²) in [6, 6.07) is 0. The monoisotopic (exact) mass is 405 g/mol. The van der Waals surface area contributed by atoms with Crippen molar-refractivity contribution in [1.29, 1.82) is 0 Å². The molecule has 2 atom stereocenters. The van der Waals surface area contributed by atoms with Crippen molar-refractivity contribution in [2.24, 2.45) is 23.7 Å². The number of fused-ring (bicyclic) bond motifs is 4. The molecular formula is C21H27NO5S. The molecule has 1 amide bonds. The first kappa shape index (κ1) is 19.4. The second kappa shape index (κ2) is 7.85. The van der Waals surface area contributed by atoms with Crippen LogP contribution in [0, 0.1) is 23.7 Å². The number of aliphatic carboxylic acids is 1. The lowest BCUT2D eigenvalue weighted by molar-refractivity contribution is -0.156. The Kier molecular flexibility index (Phi) is 5.45. The maximum Gasteiger partial charge on any atom is 0.341 e. The summed E-state index contributed by atoms with van der Waals surface area (Å²) >= 11 is 1.46. The van der Waals surface area contributed by atoms with Crippen LogP contribution in [0.25, 0.3) is 0 Å². The zero-order valence-corrected chi connectivity index (χ0v) is 17.0. The molecule has 4 aliphatic carbocycles. The SMILES string of the molecule is CCOC(=O)c1c(NC(=O)[C@H]2C3CCC(CC3)[C@@H]2C(=O)O)sc2c1CCCC2. The third-order valence-corrected chi connectivity index (χ3v) is 7.90. The van der Waals surface area contributed by atoms with E-state index in [9.17, 15) is 19.5 Å². The predicted molar refractivity (Wildman–Crippen MR) is 106 cm³/mol. The molecule has 0 aliphatic heterocycles. The molecule has 2 bridgehead atoms. The fraction of sp³-hybridized carbons (Fsp3) is 0.667. The van der Waals surface area contributed by atoms with E-state index < -0.39 is 23.8 Å². The van der Waals surface area contributed by atoms with Crippen LogP contribution in [0.3, 0.4) is 0 Å². The highest BCUT2D eigenvalue weighted by Gasteiger charge is 2.50. The van der Waals surface area contributed by atoms with Crippen molar-refractivity contribution < 1.29 is 24.2 Å². The summed E-state index contributed by atoms with van der Waals surface area (Å²) in [4.78, 5) is 38.8. The van der Waals surface area contributed by atoms with Crippen molar-refractivity contribution >= 4 is 34.2 Å². The summed E-state index contributed by atoms with van der Waals surface area (Å²) in [5.74, 6) is -2.44. The molecule has 1 aromatic rings. The van der Waals surface area contributed by atoms with Gasteiger partial charge in [0.1, 0.15) is 5.00 Å². The van der Waals surface area contributed by atoms with Crippen LogP contribution in [0.15, 0.2) is 0 Å². The van der Waals surface area contributed by atoms with Crippen LogP contribution in [0.1, 0.15) is 66.2 Å². The molecule has 2 N–H and O–H groups in total. The average molecular weight is 406 g/mol. The maximum absolute atomic E-state index is 13.2. The summed E-state index contributed by atoms with van der Waals surface area (Å²) in [5.41, 5.74) is 1.49. The van der Waals surface area contributed by atoms with Gasteiger partial charge in [-0.15, -0.1) is 11.3 Å². The quantitative estimate of drug-likeness (QED) is 0.725. The Balaban J connectivity index is 1.63. The number of aryl methyl sites for hydroxylation is 1. The van der Waals surface area contributed by atoms with E-state index >= 15 is 0 Å². The van der Waals surface area contributed by atoms with Crippen molar-refractivity contribution in [3.8, 4) is 0 Å². The van der Waals surface area contributed by atoms with Crippen LogP contribution < -0.4 is 5.32 Å². The zero-order chi connectivity index (χ0) is 19.8. The molecule has 1 aromatic heterocycles. The molecule has 0 aromatic carbocycles. The summed E-state index contributed by atoms with van der Waals surface area (Å²) in [6.07, 6.45) is 7.46. The summed E-state index contributed by atoms with van der Waals surface area (Å²) in [5, 5.41) is 13.2. The number of carboxylic acid groups (broad SMARTS) is 1. The summed E-state index contributed by atoms with van der Waals surface area (Å²) in [6.45, 7) is 2.05. The van der Waals surface area contributed by atoms with Gasteiger partial charge in [0, 0.05) is 4.88 Å². The van der Waals surface area contributed by atoms with Crippen LogP contribution in [0.2, 0.25) is 0 Å². The second-order valence-electron chi connectivity index (χ2n) is 8.19. The van der Waals surface area contributed by atoms with Gasteiger partial charge in [-0.3, -0.25) is 9.59 Å². The molecule has 0 saturated heterocycles. The van der Waals surface area contributed by atoms with Crippen LogP contribution >= 0.6 is 11.3 Å². The van der Waals surface area contributed by atoms with E-state index in [-0.39, 0.29) is 24.3 Å². The number of esters is 1. The van der Waals surface area contributed by atoms with Gasteiger partial charge in [0.25, 0.3) is 0 Å². The largest absolute Gasteiger partial charge is 0.481 e. The number of carbonyl (C=O) groups is 3. The van der Waals surface area contributed by atoms with Crippen molar-refractivity contribution in [1.82, 2.24) is 0 Å². The first-order chi connectivity index (χ1) is 13.5. The third-order valence-electron chi connectivity index (χ3n) is 6.69. The Morgan fingerprint density at radius 1 is 1.07 bits per heavy atom. The first-order valence-electron chi connectivity index (χ1n) is 10.4. The van der Waals surface area contributed by atoms with E-state index in [0.717, 1.165) is 61.8 Å². The van der Waals surface area contributed by atoms with E-state index in [4.69, 9.17) is 4.74 Å². The second-order valence-corrected chi connectivity index (χ2v) is 9.29. The van der Waals surface area contributed by atoms with Gasteiger partial charge in [-0.1, -0.05) is 0 Å². The van der Waals surface area contributed by atoms with E-state index in [2.05, 4.69) is 5.32 Å². The van der Waals surface area contributed by atoms with Gasteiger partial charge in [-0.25, -0.2) is 4.79 Å². The molecule has 152 valence electrons. The van der Waals surface area contributed by atoms with Gasteiger partial charge < -0.3 is 15.2 Å². The molecule has 1 heterocycles. The zero-order valence-electron chi connectivity index (χ0n) is 16.2. The van der Waals surface area contributed by atoms with E-state index in [1.54, 1.807) is 6.92 Å². The molecule has 5 rings (SSSR count). The Bertz CT molecular complexity index is 793. The molecule has 28 heavy (non-hydrogen) atoms. The topological polar surface area (TPSA) is 92.7 Å². The number of rotatable bonds is 5. The number of hydrogen-bond acceptors (Lipinski definition) is 5. The lowest BCUT2D eigenvalue weighted by Crippen LogP contribution is -2.49. The molecule has 4 aliphatic rings. The van der Waals surface area contributed by atoms with E-state index in [1.807, 2.05) is 0 Å². The standard InChI is InChI=1S/C21H27NO5S/c1-2-27-21(26)17-13-5-3-4-6-14(13)28-19(17)22-18(23)15-11-7-9-12(10-8-11)16(15)20(24)25/h11-12,15-16H,2-10H2,1H3,(H,22,23)(H,24,25)/t11?,12?,15-,16-/m0/s1. The van der Waals surface area contributed by atoms with Gasteiger partial charge >= 0.3 is 11.9 Å². The van der Waals surface area contributed by atoms with Gasteiger partial charge in [0.05, 0.1) is 24.0 Å². The lowest BCUT2D eigenvalue weighted by atomic mass is 9.58. The fourth-order valence-electron chi connectivity index (χ4n) is 5.45. The Labute approximate surface area is 168 Å². The van der Waals surface area contributed by atoms with Crippen LogP contribution in [-0.2, 0) is 27.2 Å². The number of ether oxygens (including phenoxy) is 1. The Hall–Kier alpha value is -1.89. The van der Waals surface area contributed by atoms with Crippen molar-refractivity contribution in [3.63, 3.8) is 0 Å². The van der Waals surface area contributed by atoms with Gasteiger partial charge in [0.15, 0.2) is 0 Å². The molecule has 6 nitrogen and oxygen atoms in total. The fourth-order valence-corrected chi connectivity index (χ4v) is 6.73. The molecule has 0 unspecified atom stereocenters. The average Bonchev–Trinajstić information content (AvgIpc) is 3.06. The highest BCUT2D eigenvalue weighted by molar-refractivity contribution is 7.17. The number of carbonyl (C=O) groups excluding carboxylic acids is 2. The molecule has 0 radical (unpaired) electrons. The molecular weight excluding hydrogens is 378 g/mol. The van der Waals surface area contributed by atoms with Crippen molar-refractivity contribution in [3.05, 3.63) is 16.0 Å². The van der Waals surface area contributed by atoms with Crippen molar-refractivity contribution in [2.45, 2.75) is 58.3 Å². The number of carboxylic acids is 1. The molecule has 0 spiro atoms. The van der Waals surface area contributed by atoms with E-state index in [1.165, 1.54) is 11.3 Å². The van der Waals surface area contributed by atoms with Crippen molar-refractivity contribution in [2.75, 3.05) is 11.9 Å². The smallest absolute Gasteiger partial charge is 0.341 e. The van der Waals surface area contributed by atoms with Gasteiger partial charge in [-0.2, -0.15) is 0 Å². The molecule has 3 fully saturated rings. The first-order valence-corrected chi connectivity index (χ1v) is 11.2. The van der Waals surface area contributed by atoms with Gasteiger partial charge in [0.2, 0.25) is 5.91 Å². The highest BCUT2D eigenvalue weighted by atomic mass is 32.1. The van der Waals surface area contributed by atoms with Crippen LogP contribution in [-0.4, -0.2) is 29.6 Å². The number of thiophene rings is 1. The number of amides is 1. The van der Waals surface area contributed by atoms with Crippen LogP contribution in [0.4, 0.5) is 5.00 Å². The van der Waals surface area contributed by atoms with E-state index in [0.29, 0.717) is 10.6 Å². The molecule has 7 heteroatoms. The lowest BCUT2D eigenvalue weighted by Gasteiger charge is -2.45. The number of anilines is 1. The summed E-state index contributed by atoms with van der Waals surface area (Å²) in [7, 11) is 0. The highest BCUT2D eigenvalue weighted by Crippen LogP contribution is 2.49. The number of nitrogens with one attached hydrogen (secondary N) is 1. The third kappa shape index (κ3) is 3.34. The summed E-state index contributed by atoms with van der Waals surface area (Å²) < 4.78 is 5.25. The predicted octanol–water partition coefficient (Wildman–Crippen LogP) is 3.88. The van der Waals surface area contributed by atoms with Crippen LogP contribution in [0.5, 0.6) is 0 Å². The maximum atomic E-state index is 13.2. The normalized spacial score (nSPS) is 28.5. The van der Waals surface area contributed by atoms with Gasteiger partial charge in [-0.05, 0) is 75.7 Å².